The van der Waals surface area contributed by atoms with Gasteiger partial charge in [-0.2, -0.15) is 0 Å². The molecule has 5 rings (SSSR count). The molecule has 150 valence electrons. The molecule has 2 aromatic heterocycles. The molecule has 1 atom stereocenters. The van der Waals surface area contributed by atoms with Crippen LogP contribution in [0.1, 0.15) is 6.42 Å². The Bertz CT molecular complexity index is 1240. The number of rotatable bonds is 4. The molecular weight excluding hydrogens is 403 g/mol. The van der Waals surface area contributed by atoms with Gasteiger partial charge in [-0.3, -0.25) is 14.0 Å². The van der Waals surface area contributed by atoms with Gasteiger partial charge in [-0.15, -0.1) is 11.3 Å². The van der Waals surface area contributed by atoms with Gasteiger partial charge in [0, 0.05) is 42.0 Å². The first-order valence-electron chi connectivity index (χ1n) is 9.47. The smallest absolute Gasteiger partial charge is 0.229 e. The van der Waals surface area contributed by atoms with E-state index in [2.05, 4.69) is 10.3 Å². The van der Waals surface area contributed by atoms with Gasteiger partial charge in [-0.1, -0.05) is 24.3 Å². The number of anilines is 2. The zero-order valence-electron chi connectivity index (χ0n) is 15.8. The summed E-state index contributed by atoms with van der Waals surface area (Å²) in [4.78, 5) is 32.3. The molecule has 1 fully saturated rings. The van der Waals surface area contributed by atoms with Crippen molar-refractivity contribution < 1.29 is 14.0 Å². The van der Waals surface area contributed by atoms with Gasteiger partial charge in [0.25, 0.3) is 0 Å². The molecule has 1 aliphatic rings. The molecule has 0 saturated carbocycles. The number of carbonyl (C=O) groups excluding carboxylic acids is 2. The second-order valence-corrected chi connectivity index (χ2v) is 8.01. The Morgan fingerprint density at radius 3 is 2.90 bits per heavy atom. The van der Waals surface area contributed by atoms with E-state index in [0.717, 1.165) is 16.2 Å². The molecule has 0 spiro atoms. The second-order valence-electron chi connectivity index (χ2n) is 7.14. The number of hydrogen-bond donors (Lipinski definition) is 1. The van der Waals surface area contributed by atoms with Gasteiger partial charge in [0.1, 0.15) is 5.82 Å². The third kappa shape index (κ3) is 3.35. The molecule has 4 aromatic rings. The summed E-state index contributed by atoms with van der Waals surface area (Å²) in [6, 6.07) is 13.3. The zero-order chi connectivity index (χ0) is 20.7. The van der Waals surface area contributed by atoms with Crippen LogP contribution in [0.2, 0.25) is 0 Å². The van der Waals surface area contributed by atoms with E-state index >= 15 is 0 Å². The topological polar surface area (TPSA) is 66.7 Å². The van der Waals surface area contributed by atoms with Crippen molar-refractivity contribution >= 4 is 39.5 Å². The quantitative estimate of drug-likeness (QED) is 0.538. The van der Waals surface area contributed by atoms with Gasteiger partial charge >= 0.3 is 0 Å². The lowest BCUT2D eigenvalue weighted by molar-refractivity contribution is -0.122. The molecule has 2 aromatic carbocycles. The van der Waals surface area contributed by atoms with E-state index in [9.17, 15) is 14.0 Å². The number of halogens is 1. The first-order chi connectivity index (χ1) is 14.6. The Morgan fingerprint density at radius 2 is 2.07 bits per heavy atom. The number of carbonyl (C=O) groups is 2. The minimum Gasteiger partial charge on any atom is -0.325 e. The average molecular weight is 420 g/mol. The Labute approximate surface area is 175 Å². The highest BCUT2D eigenvalue weighted by atomic mass is 32.1. The van der Waals surface area contributed by atoms with Gasteiger partial charge < -0.3 is 10.2 Å². The lowest BCUT2D eigenvalue weighted by atomic mass is 10.1. The number of aromatic nitrogens is 2. The van der Waals surface area contributed by atoms with Crippen LogP contribution in [-0.2, 0) is 9.59 Å². The normalized spacial score (nSPS) is 16.4. The van der Waals surface area contributed by atoms with E-state index in [1.54, 1.807) is 12.1 Å². The Balaban J connectivity index is 1.36. The third-order valence-corrected chi connectivity index (χ3v) is 5.94. The number of imidazole rings is 1. The second kappa shape index (κ2) is 7.38. The summed E-state index contributed by atoms with van der Waals surface area (Å²) in [6.07, 6.45) is 3.94. The van der Waals surface area contributed by atoms with E-state index in [4.69, 9.17) is 0 Å². The lowest BCUT2D eigenvalue weighted by Crippen LogP contribution is -2.28. The summed E-state index contributed by atoms with van der Waals surface area (Å²) in [5, 5.41) is 4.91. The predicted octanol–water partition coefficient (Wildman–Crippen LogP) is 4.19. The summed E-state index contributed by atoms with van der Waals surface area (Å²) in [5.41, 5.74) is 2.69. The van der Waals surface area contributed by atoms with E-state index in [1.165, 1.54) is 28.4 Å². The number of hydrogen-bond acceptors (Lipinski definition) is 4. The maximum atomic E-state index is 13.5. The fraction of sp³-hybridized carbons (Fsp3) is 0.136. The number of nitrogens with zero attached hydrogens (tertiary/aromatic N) is 3. The van der Waals surface area contributed by atoms with Crippen molar-refractivity contribution in [3.05, 3.63) is 72.1 Å². The van der Waals surface area contributed by atoms with Crippen molar-refractivity contribution in [3.8, 4) is 11.3 Å². The highest BCUT2D eigenvalue weighted by Gasteiger charge is 2.35. The van der Waals surface area contributed by atoms with Crippen molar-refractivity contribution in [2.75, 3.05) is 16.8 Å². The van der Waals surface area contributed by atoms with Crippen molar-refractivity contribution in [2.24, 2.45) is 5.92 Å². The van der Waals surface area contributed by atoms with Crippen molar-refractivity contribution in [1.29, 1.82) is 0 Å². The number of para-hydroxylation sites is 1. The minimum atomic E-state index is -0.515. The molecule has 6 nitrogen and oxygen atoms in total. The summed E-state index contributed by atoms with van der Waals surface area (Å²) in [7, 11) is 0. The van der Waals surface area contributed by atoms with Gasteiger partial charge in [-0.05, 0) is 24.3 Å². The van der Waals surface area contributed by atoms with E-state index < -0.39 is 11.7 Å². The molecule has 0 radical (unpaired) electrons. The number of amides is 2. The molecule has 1 saturated heterocycles. The van der Waals surface area contributed by atoms with Crippen molar-refractivity contribution in [2.45, 2.75) is 6.42 Å². The molecule has 0 aliphatic carbocycles. The standard InChI is InChI=1S/C22H17FN4O2S/c23-15-4-3-5-16(11-15)27-12-14(10-20(27)28)21(29)24-18-7-2-1-6-17(18)19-13-26-8-9-30-22(26)25-19/h1-9,11,13-14H,10,12H2,(H,24,29). The summed E-state index contributed by atoms with van der Waals surface area (Å²) >= 11 is 1.54. The lowest BCUT2D eigenvalue weighted by Gasteiger charge is -2.17. The average Bonchev–Trinajstić information content (AvgIpc) is 3.43. The summed E-state index contributed by atoms with van der Waals surface area (Å²) < 4.78 is 15.5. The Morgan fingerprint density at radius 1 is 1.20 bits per heavy atom. The molecule has 0 bridgehead atoms. The highest BCUT2D eigenvalue weighted by Crippen LogP contribution is 2.31. The van der Waals surface area contributed by atoms with Gasteiger partial charge in [0.15, 0.2) is 4.96 Å². The van der Waals surface area contributed by atoms with Crippen LogP contribution < -0.4 is 10.2 Å². The van der Waals surface area contributed by atoms with Crippen LogP contribution >= 0.6 is 11.3 Å². The Hall–Kier alpha value is -3.52. The van der Waals surface area contributed by atoms with Crippen molar-refractivity contribution in [3.63, 3.8) is 0 Å². The molecule has 2 amide bonds. The number of benzene rings is 2. The van der Waals surface area contributed by atoms with Gasteiger partial charge in [0.05, 0.1) is 17.3 Å². The van der Waals surface area contributed by atoms with Crippen LogP contribution in [0.3, 0.4) is 0 Å². The van der Waals surface area contributed by atoms with E-state index in [-0.39, 0.29) is 24.8 Å². The molecular formula is C22H17FN4O2S. The molecule has 3 heterocycles. The highest BCUT2D eigenvalue weighted by molar-refractivity contribution is 7.15. The first-order valence-corrected chi connectivity index (χ1v) is 10.3. The van der Waals surface area contributed by atoms with E-state index in [0.29, 0.717) is 11.4 Å². The number of fused-ring (bicyclic) bond motifs is 1. The summed E-state index contributed by atoms with van der Waals surface area (Å²) in [6.45, 7) is 0.219. The fourth-order valence-corrected chi connectivity index (χ4v) is 4.38. The maximum absolute atomic E-state index is 13.5. The predicted molar refractivity (Wildman–Crippen MR) is 114 cm³/mol. The van der Waals surface area contributed by atoms with Crippen LogP contribution in [0.5, 0.6) is 0 Å². The van der Waals surface area contributed by atoms with Crippen LogP contribution in [0.25, 0.3) is 16.2 Å². The molecule has 1 aliphatic heterocycles. The maximum Gasteiger partial charge on any atom is 0.229 e. The monoisotopic (exact) mass is 420 g/mol. The first kappa shape index (κ1) is 18.5. The van der Waals surface area contributed by atoms with Crippen molar-refractivity contribution in [1.82, 2.24) is 9.38 Å². The van der Waals surface area contributed by atoms with Crippen LogP contribution in [0.4, 0.5) is 15.8 Å². The van der Waals surface area contributed by atoms with Gasteiger partial charge in [0.2, 0.25) is 11.8 Å². The number of thiazole rings is 1. The Kier molecular flexibility index (Phi) is 4.55. The number of nitrogens with one attached hydrogen (secondary N) is 1. The molecule has 30 heavy (non-hydrogen) atoms. The van der Waals surface area contributed by atoms with Crippen LogP contribution in [0, 0.1) is 11.7 Å². The minimum absolute atomic E-state index is 0.0880. The molecule has 1 N–H and O–H groups in total. The summed E-state index contributed by atoms with van der Waals surface area (Å²) in [5.74, 6) is -1.36. The third-order valence-electron chi connectivity index (χ3n) is 5.17. The SMILES string of the molecule is O=C(Nc1ccccc1-c1cn2ccsc2n1)C1CC(=O)N(c2cccc(F)c2)C1. The van der Waals surface area contributed by atoms with Crippen LogP contribution in [0.15, 0.2) is 66.3 Å². The fourth-order valence-electron chi connectivity index (χ4n) is 3.68. The molecule has 8 heteroatoms. The van der Waals surface area contributed by atoms with E-state index in [1.807, 2.05) is 46.4 Å². The zero-order valence-corrected chi connectivity index (χ0v) is 16.6. The molecule has 1 unspecified atom stereocenters. The van der Waals surface area contributed by atoms with Crippen LogP contribution in [-0.4, -0.2) is 27.7 Å². The van der Waals surface area contributed by atoms with Gasteiger partial charge in [-0.25, -0.2) is 9.37 Å². The largest absolute Gasteiger partial charge is 0.325 e.